The molecule has 0 aliphatic carbocycles. The smallest absolute Gasteiger partial charge is 0.251 e. The van der Waals surface area contributed by atoms with Crippen LogP contribution in [0.5, 0.6) is 17.2 Å². The first-order chi connectivity index (χ1) is 18.4. The molecule has 4 rings (SSSR count). The molecular weight excluding hydrogens is 528 g/mol. The van der Waals surface area contributed by atoms with E-state index in [9.17, 15) is 9.59 Å². The quantitative estimate of drug-likeness (QED) is 0.267. The first-order valence-electron chi connectivity index (χ1n) is 11.3. The maximum atomic E-state index is 13.0. The van der Waals surface area contributed by atoms with Crippen molar-refractivity contribution in [2.24, 2.45) is 0 Å². The number of hydrogen-bond donors (Lipinski definition) is 2. The molecular formula is C25H26N6O5S2. The van der Waals surface area contributed by atoms with Crippen LogP contribution >= 0.6 is 23.1 Å². The highest BCUT2D eigenvalue weighted by Crippen LogP contribution is 2.38. The zero-order valence-corrected chi connectivity index (χ0v) is 22.8. The molecule has 0 fully saturated rings. The second-order valence-electron chi connectivity index (χ2n) is 7.84. The molecule has 0 aliphatic rings. The largest absolute Gasteiger partial charge is 0.493 e. The van der Waals surface area contributed by atoms with Crippen LogP contribution in [0.4, 0.5) is 5.13 Å². The van der Waals surface area contributed by atoms with Gasteiger partial charge in [-0.1, -0.05) is 23.9 Å². The Morgan fingerprint density at radius 2 is 1.82 bits per heavy atom. The first-order valence-corrected chi connectivity index (χ1v) is 13.2. The van der Waals surface area contributed by atoms with Crippen molar-refractivity contribution in [1.82, 2.24) is 25.1 Å². The van der Waals surface area contributed by atoms with Crippen molar-refractivity contribution in [2.45, 2.75) is 18.6 Å². The topological polar surface area (TPSA) is 129 Å². The van der Waals surface area contributed by atoms with Crippen molar-refractivity contribution >= 4 is 40.0 Å². The molecule has 0 unspecified atom stereocenters. The van der Waals surface area contributed by atoms with Gasteiger partial charge in [0.15, 0.2) is 27.6 Å². The van der Waals surface area contributed by atoms with Crippen molar-refractivity contribution in [1.29, 1.82) is 0 Å². The third kappa shape index (κ3) is 6.23. The molecule has 0 saturated heterocycles. The number of rotatable bonds is 11. The summed E-state index contributed by atoms with van der Waals surface area (Å²) in [6.07, 6.45) is 1.63. The summed E-state index contributed by atoms with van der Waals surface area (Å²) in [6.45, 7) is 2.07. The van der Waals surface area contributed by atoms with Crippen LogP contribution in [-0.2, 0) is 11.3 Å². The molecule has 0 spiro atoms. The van der Waals surface area contributed by atoms with Crippen molar-refractivity contribution in [3.63, 3.8) is 0 Å². The van der Waals surface area contributed by atoms with Crippen LogP contribution < -0.4 is 24.8 Å². The molecule has 2 heterocycles. The number of carbonyl (C=O) groups is 2. The number of nitrogens with zero attached hydrogens (tertiary/aromatic N) is 4. The van der Waals surface area contributed by atoms with Crippen molar-refractivity contribution in [3.05, 3.63) is 64.9 Å². The van der Waals surface area contributed by atoms with E-state index in [2.05, 4.69) is 25.8 Å². The molecule has 4 aromatic rings. The second-order valence-corrected chi connectivity index (χ2v) is 9.68. The van der Waals surface area contributed by atoms with Crippen LogP contribution in [0.25, 0.3) is 5.69 Å². The lowest BCUT2D eigenvalue weighted by molar-refractivity contribution is -0.113. The van der Waals surface area contributed by atoms with E-state index in [4.69, 9.17) is 14.2 Å². The monoisotopic (exact) mass is 554 g/mol. The SMILES string of the molecule is COc1cc(C(=O)NCc2nnc(SCC(=O)Nc3nccs3)n2-c2cccc(C)c2)cc(OC)c1OC. The summed E-state index contributed by atoms with van der Waals surface area (Å²) in [5, 5.41) is 17.1. The number of anilines is 1. The number of amides is 2. The summed E-state index contributed by atoms with van der Waals surface area (Å²) in [5.74, 6) is 1.18. The van der Waals surface area contributed by atoms with Gasteiger partial charge in [-0.3, -0.25) is 14.2 Å². The minimum absolute atomic E-state index is 0.0856. The van der Waals surface area contributed by atoms with Crippen molar-refractivity contribution in [3.8, 4) is 22.9 Å². The molecule has 0 saturated carbocycles. The van der Waals surface area contributed by atoms with Gasteiger partial charge in [0.1, 0.15) is 0 Å². The van der Waals surface area contributed by atoms with Crippen molar-refractivity contribution < 1.29 is 23.8 Å². The number of carbonyl (C=O) groups excluding carboxylic acids is 2. The molecule has 11 nitrogen and oxygen atoms in total. The molecule has 2 amide bonds. The summed E-state index contributed by atoms with van der Waals surface area (Å²) in [7, 11) is 4.47. The highest BCUT2D eigenvalue weighted by Gasteiger charge is 2.20. The average molecular weight is 555 g/mol. The van der Waals surface area contributed by atoms with Gasteiger partial charge >= 0.3 is 0 Å². The summed E-state index contributed by atoms with van der Waals surface area (Å²) in [4.78, 5) is 29.5. The lowest BCUT2D eigenvalue weighted by atomic mass is 10.1. The Kier molecular flexibility index (Phi) is 8.81. The van der Waals surface area contributed by atoms with E-state index in [1.807, 2.05) is 35.8 Å². The van der Waals surface area contributed by atoms with Crippen LogP contribution in [0.15, 0.2) is 53.1 Å². The number of ether oxygens (including phenoxy) is 3. The number of thioether (sulfide) groups is 1. The van der Waals surface area contributed by atoms with Gasteiger partial charge in [-0.05, 0) is 36.8 Å². The van der Waals surface area contributed by atoms with Gasteiger partial charge in [0.25, 0.3) is 5.91 Å². The van der Waals surface area contributed by atoms with E-state index >= 15 is 0 Å². The number of thiazole rings is 1. The highest BCUT2D eigenvalue weighted by molar-refractivity contribution is 7.99. The molecule has 2 N–H and O–H groups in total. The lowest BCUT2D eigenvalue weighted by Gasteiger charge is -2.14. The predicted molar refractivity (Wildman–Crippen MR) is 145 cm³/mol. The fourth-order valence-corrected chi connectivity index (χ4v) is 4.89. The summed E-state index contributed by atoms with van der Waals surface area (Å²) in [6, 6.07) is 10.9. The van der Waals surface area contributed by atoms with Gasteiger partial charge in [0, 0.05) is 22.8 Å². The molecule has 0 bridgehead atoms. The van der Waals surface area contributed by atoms with Gasteiger partial charge in [0.2, 0.25) is 11.7 Å². The van der Waals surface area contributed by atoms with Gasteiger partial charge < -0.3 is 24.8 Å². The zero-order valence-electron chi connectivity index (χ0n) is 21.2. The fraction of sp³-hybridized carbons (Fsp3) is 0.240. The number of methoxy groups -OCH3 is 3. The Balaban J connectivity index is 1.54. The Hall–Kier alpha value is -4.10. The maximum absolute atomic E-state index is 13.0. The molecule has 2 aromatic carbocycles. The number of nitrogens with one attached hydrogen (secondary N) is 2. The number of aryl methyl sites for hydroxylation is 1. The zero-order chi connectivity index (χ0) is 27.1. The fourth-order valence-electron chi connectivity index (χ4n) is 3.58. The normalized spacial score (nSPS) is 10.6. The van der Waals surface area contributed by atoms with Crippen LogP contribution in [0.3, 0.4) is 0 Å². The van der Waals surface area contributed by atoms with Crippen molar-refractivity contribution in [2.75, 3.05) is 32.4 Å². The van der Waals surface area contributed by atoms with E-state index < -0.39 is 0 Å². The van der Waals surface area contributed by atoms with E-state index in [0.29, 0.717) is 38.9 Å². The van der Waals surface area contributed by atoms with E-state index in [-0.39, 0.29) is 24.1 Å². The summed E-state index contributed by atoms with van der Waals surface area (Å²) < 4.78 is 17.9. The molecule has 198 valence electrons. The molecule has 2 aromatic heterocycles. The standard InChI is InChI=1S/C25H26N6O5S2/c1-15-6-5-7-17(10-15)31-20(29-30-25(31)38-14-21(32)28-24-26-8-9-37-24)13-27-23(33)16-11-18(34-2)22(36-4)19(12-16)35-3/h5-12H,13-14H2,1-4H3,(H,27,33)(H,26,28,32). The minimum atomic E-state index is -0.361. The maximum Gasteiger partial charge on any atom is 0.251 e. The predicted octanol–water partition coefficient (Wildman–Crippen LogP) is 3.72. The van der Waals surface area contributed by atoms with Crippen LogP contribution in [0.1, 0.15) is 21.7 Å². The molecule has 38 heavy (non-hydrogen) atoms. The third-order valence-electron chi connectivity index (χ3n) is 5.31. The van der Waals surface area contributed by atoms with E-state index in [1.54, 1.807) is 23.7 Å². The van der Waals surface area contributed by atoms with Gasteiger partial charge in [-0.2, -0.15) is 0 Å². The summed E-state index contributed by atoms with van der Waals surface area (Å²) >= 11 is 2.58. The molecule has 0 aliphatic heterocycles. The Morgan fingerprint density at radius 1 is 1.05 bits per heavy atom. The van der Waals surface area contributed by atoms with E-state index in [0.717, 1.165) is 11.3 Å². The Labute approximate surface area is 227 Å². The molecule has 0 radical (unpaired) electrons. The van der Waals surface area contributed by atoms with Crippen LogP contribution in [0.2, 0.25) is 0 Å². The number of aromatic nitrogens is 4. The molecule has 13 heteroatoms. The Bertz CT molecular complexity index is 1400. The third-order valence-corrected chi connectivity index (χ3v) is 6.92. The average Bonchev–Trinajstić information content (AvgIpc) is 3.59. The summed E-state index contributed by atoms with van der Waals surface area (Å²) in [5.41, 5.74) is 2.19. The lowest BCUT2D eigenvalue weighted by Crippen LogP contribution is -2.25. The highest BCUT2D eigenvalue weighted by atomic mass is 32.2. The minimum Gasteiger partial charge on any atom is -0.493 e. The molecule has 0 atom stereocenters. The number of hydrogen-bond acceptors (Lipinski definition) is 10. The first kappa shape index (κ1) is 26.9. The van der Waals surface area contributed by atoms with Gasteiger partial charge in [0.05, 0.1) is 33.6 Å². The van der Waals surface area contributed by atoms with Crippen LogP contribution in [0, 0.1) is 6.92 Å². The second kappa shape index (κ2) is 12.4. The number of benzene rings is 2. The van der Waals surface area contributed by atoms with Gasteiger partial charge in [-0.15, -0.1) is 21.5 Å². The Morgan fingerprint density at radius 3 is 2.45 bits per heavy atom. The van der Waals surface area contributed by atoms with E-state index in [1.165, 1.54) is 44.4 Å². The van der Waals surface area contributed by atoms with Gasteiger partial charge in [-0.25, -0.2) is 4.98 Å². The van der Waals surface area contributed by atoms with Crippen LogP contribution in [-0.4, -0.2) is 58.6 Å².